The molecule has 0 spiro atoms. The zero-order valence-electron chi connectivity index (χ0n) is 11.1. The van der Waals surface area contributed by atoms with E-state index >= 15 is 0 Å². The summed E-state index contributed by atoms with van der Waals surface area (Å²) < 4.78 is 0. The molecule has 0 amide bonds. The number of hydrogen-bond donors (Lipinski definition) is 1. The maximum absolute atomic E-state index is 3.43. The third-order valence-corrected chi connectivity index (χ3v) is 4.10. The van der Waals surface area contributed by atoms with Gasteiger partial charge in [-0.2, -0.15) is 11.3 Å². The predicted molar refractivity (Wildman–Crippen MR) is 80.4 cm³/mol. The van der Waals surface area contributed by atoms with Crippen LogP contribution in [0.5, 0.6) is 0 Å². The Balaban J connectivity index is 1.87. The Bertz CT molecular complexity index is 444. The second kappa shape index (κ2) is 6.72. The summed E-state index contributed by atoms with van der Waals surface area (Å²) in [6.45, 7) is 2.13. The van der Waals surface area contributed by atoms with E-state index < -0.39 is 0 Å². The Labute approximate surface area is 114 Å². The van der Waals surface area contributed by atoms with Gasteiger partial charge in [0, 0.05) is 6.04 Å². The summed E-state index contributed by atoms with van der Waals surface area (Å²) in [6.07, 6.45) is 3.48. The second-order valence-corrected chi connectivity index (χ2v) is 5.63. The first-order valence-electron chi connectivity index (χ1n) is 6.52. The molecule has 0 fully saturated rings. The lowest BCUT2D eigenvalue weighted by molar-refractivity contribution is 0.520. The average molecular weight is 259 g/mol. The minimum Gasteiger partial charge on any atom is -0.317 e. The van der Waals surface area contributed by atoms with E-state index in [1.54, 1.807) is 11.3 Å². The van der Waals surface area contributed by atoms with Gasteiger partial charge in [0.25, 0.3) is 0 Å². The topological polar surface area (TPSA) is 12.0 Å². The molecule has 2 rings (SSSR count). The quantitative estimate of drug-likeness (QED) is 0.831. The number of rotatable bonds is 6. The van der Waals surface area contributed by atoms with Crippen LogP contribution in [0.1, 0.15) is 23.1 Å². The molecule has 0 aliphatic heterocycles. The molecule has 2 aromatic rings. The van der Waals surface area contributed by atoms with Crippen LogP contribution in [0.25, 0.3) is 0 Å². The first kappa shape index (κ1) is 13.3. The van der Waals surface area contributed by atoms with Crippen LogP contribution < -0.4 is 5.32 Å². The van der Waals surface area contributed by atoms with Gasteiger partial charge in [0.1, 0.15) is 0 Å². The van der Waals surface area contributed by atoms with E-state index in [9.17, 15) is 0 Å². The molecule has 0 aliphatic rings. The summed E-state index contributed by atoms with van der Waals surface area (Å²) in [5.74, 6) is 0. The summed E-state index contributed by atoms with van der Waals surface area (Å²) >= 11 is 1.78. The number of thiophene rings is 1. The fraction of sp³-hybridized carbons (Fsp3) is 0.375. The lowest BCUT2D eigenvalue weighted by atomic mass is 9.99. The first-order valence-corrected chi connectivity index (χ1v) is 7.46. The highest BCUT2D eigenvalue weighted by Gasteiger charge is 2.07. The van der Waals surface area contributed by atoms with Gasteiger partial charge in [0.2, 0.25) is 0 Å². The van der Waals surface area contributed by atoms with Crippen LogP contribution in [-0.2, 0) is 12.8 Å². The molecule has 1 aromatic carbocycles. The number of benzene rings is 1. The van der Waals surface area contributed by atoms with Crippen molar-refractivity contribution in [2.45, 2.75) is 32.2 Å². The van der Waals surface area contributed by atoms with Crippen molar-refractivity contribution in [3.05, 3.63) is 57.8 Å². The first-order chi connectivity index (χ1) is 8.78. The van der Waals surface area contributed by atoms with Crippen molar-refractivity contribution >= 4 is 11.3 Å². The molecule has 0 aliphatic carbocycles. The molecule has 1 atom stereocenters. The van der Waals surface area contributed by atoms with E-state index in [0.717, 1.165) is 6.42 Å². The Morgan fingerprint density at radius 1 is 1.11 bits per heavy atom. The highest BCUT2D eigenvalue weighted by molar-refractivity contribution is 7.07. The molecular weight excluding hydrogens is 238 g/mol. The Hall–Kier alpha value is -1.12. The summed E-state index contributed by atoms with van der Waals surface area (Å²) in [7, 11) is 2.06. The molecule has 0 bridgehead atoms. The maximum atomic E-state index is 3.43. The van der Waals surface area contributed by atoms with Gasteiger partial charge < -0.3 is 5.32 Å². The Morgan fingerprint density at radius 2 is 1.89 bits per heavy atom. The molecule has 1 aromatic heterocycles. The minimum atomic E-state index is 0.563. The van der Waals surface area contributed by atoms with Crippen molar-refractivity contribution < 1.29 is 0 Å². The summed E-state index contributed by atoms with van der Waals surface area (Å²) in [4.78, 5) is 0. The van der Waals surface area contributed by atoms with Crippen LogP contribution in [0, 0.1) is 6.92 Å². The molecule has 0 radical (unpaired) electrons. The summed E-state index contributed by atoms with van der Waals surface area (Å²) in [5.41, 5.74) is 4.22. The molecular formula is C16H21NS. The van der Waals surface area contributed by atoms with Crippen LogP contribution in [0.15, 0.2) is 41.1 Å². The van der Waals surface area contributed by atoms with Crippen LogP contribution in [-0.4, -0.2) is 13.1 Å². The van der Waals surface area contributed by atoms with E-state index in [1.807, 2.05) is 0 Å². The van der Waals surface area contributed by atoms with Crippen LogP contribution >= 0.6 is 11.3 Å². The molecule has 96 valence electrons. The third-order valence-electron chi connectivity index (χ3n) is 3.37. The third kappa shape index (κ3) is 3.97. The standard InChI is InChI=1S/C16H21NS/c1-13-3-5-14(6-4-13)11-16(17-2)8-7-15-9-10-18-12-15/h3-6,9-10,12,16-17H,7-8,11H2,1-2H3. The number of hydrogen-bond acceptors (Lipinski definition) is 2. The van der Waals surface area contributed by atoms with E-state index in [1.165, 1.54) is 29.5 Å². The molecule has 0 saturated heterocycles. The van der Waals surface area contributed by atoms with Gasteiger partial charge in [-0.25, -0.2) is 0 Å². The zero-order chi connectivity index (χ0) is 12.8. The molecule has 1 N–H and O–H groups in total. The fourth-order valence-corrected chi connectivity index (χ4v) is 2.84. The van der Waals surface area contributed by atoms with Crippen molar-refractivity contribution in [1.82, 2.24) is 5.32 Å². The second-order valence-electron chi connectivity index (χ2n) is 4.85. The summed E-state index contributed by atoms with van der Waals surface area (Å²) in [6, 6.07) is 11.7. The van der Waals surface area contributed by atoms with Gasteiger partial charge in [-0.05, 0) is 61.2 Å². The van der Waals surface area contributed by atoms with Crippen molar-refractivity contribution in [2.24, 2.45) is 0 Å². The number of aryl methyl sites for hydroxylation is 2. The highest BCUT2D eigenvalue weighted by atomic mass is 32.1. The fourth-order valence-electron chi connectivity index (χ4n) is 2.13. The maximum Gasteiger partial charge on any atom is 0.0108 e. The van der Waals surface area contributed by atoms with Crippen molar-refractivity contribution in [3.8, 4) is 0 Å². The van der Waals surface area contributed by atoms with Crippen molar-refractivity contribution in [3.63, 3.8) is 0 Å². The van der Waals surface area contributed by atoms with Gasteiger partial charge >= 0.3 is 0 Å². The van der Waals surface area contributed by atoms with Crippen molar-refractivity contribution in [1.29, 1.82) is 0 Å². The SMILES string of the molecule is CNC(CCc1ccsc1)Cc1ccc(C)cc1. The van der Waals surface area contributed by atoms with Gasteiger partial charge in [0.15, 0.2) is 0 Å². The van der Waals surface area contributed by atoms with Gasteiger partial charge in [0.05, 0.1) is 0 Å². The normalized spacial score (nSPS) is 12.6. The van der Waals surface area contributed by atoms with Crippen molar-refractivity contribution in [2.75, 3.05) is 7.05 Å². The molecule has 0 saturated carbocycles. The van der Waals surface area contributed by atoms with E-state index in [4.69, 9.17) is 0 Å². The number of nitrogens with one attached hydrogen (secondary N) is 1. The minimum absolute atomic E-state index is 0.563. The van der Waals surface area contributed by atoms with Crippen LogP contribution in [0.4, 0.5) is 0 Å². The largest absolute Gasteiger partial charge is 0.317 e. The van der Waals surface area contributed by atoms with E-state index in [2.05, 4.69) is 60.4 Å². The Kier molecular flexibility index (Phi) is 4.97. The Morgan fingerprint density at radius 3 is 2.50 bits per heavy atom. The highest BCUT2D eigenvalue weighted by Crippen LogP contribution is 2.13. The molecule has 1 nitrogen and oxygen atoms in total. The molecule has 18 heavy (non-hydrogen) atoms. The van der Waals surface area contributed by atoms with E-state index in [0.29, 0.717) is 6.04 Å². The lowest BCUT2D eigenvalue weighted by Gasteiger charge is -2.16. The number of likely N-dealkylation sites (N-methyl/N-ethyl adjacent to an activating group) is 1. The van der Waals surface area contributed by atoms with E-state index in [-0.39, 0.29) is 0 Å². The van der Waals surface area contributed by atoms with Crippen LogP contribution in [0.3, 0.4) is 0 Å². The smallest absolute Gasteiger partial charge is 0.0108 e. The average Bonchev–Trinajstić information content (AvgIpc) is 2.90. The summed E-state index contributed by atoms with van der Waals surface area (Å²) in [5, 5.41) is 7.84. The monoisotopic (exact) mass is 259 g/mol. The molecule has 2 heteroatoms. The predicted octanol–water partition coefficient (Wildman–Crippen LogP) is 3.82. The molecule has 1 unspecified atom stereocenters. The zero-order valence-corrected chi connectivity index (χ0v) is 12.0. The van der Waals surface area contributed by atoms with Crippen LogP contribution in [0.2, 0.25) is 0 Å². The van der Waals surface area contributed by atoms with Gasteiger partial charge in [-0.3, -0.25) is 0 Å². The molecule has 1 heterocycles. The lowest BCUT2D eigenvalue weighted by Crippen LogP contribution is -2.28. The van der Waals surface area contributed by atoms with Gasteiger partial charge in [-0.1, -0.05) is 29.8 Å². The van der Waals surface area contributed by atoms with Gasteiger partial charge in [-0.15, -0.1) is 0 Å².